The minimum absolute atomic E-state index is 0.00257. The van der Waals surface area contributed by atoms with Crippen LogP contribution in [0.3, 0.4) is 0 Å². The molecule has 0 unspecified atom stereocenters. The fraction of sp³-hybridized carbons (Fsp3) is 0.333. The van der Waals surface area contributed by atoms with E-state index in [-0.39, 0.29) is 11.5 Å². The molecule has 2 heteroatoms. The molecular weight excluding hydrogens is 246 g/mol. The van der Waals surface area contributed by atoms with Crippen molar-refractivity contribution in [2.45, 2.75) is 33.4 Å². The van der Waals surface area contributed by atoms with Gasteiger partial charge in [0.15, 0.2) is 0 Å². The van der Waals surface area contributed by atoms with E-state index in [1.165, 1.54) is 0 Å². The Hall–Kier alpha value is -1.80. The van der Waals surface area contributed by atoms with E-state index >= 15 is 0 Å². The highest BCUT2D eigenvalue weighted by atomic mass is 16.5. The molecule has 0 aliphatic carbocycles. The summed E-state index contributed by atoms with van der Waals surface area (Å²) < 4.78 is 5.84. The van der Waals surface area contributed by atoms with Gasteiger partial charge in [0.2, 0.25) is 0 Å². The molecule has 0 aliphatic rings. The highest BCUT2D eigenvalue weighted by molar-refractivity contribution is 5.31. The molecule has 2 nitrogen and oxygen atoms in total. The molecule has 106 valence electrons. The third-order valence-corrected chi connectivity index (χ3v) is 3.40. The van der Waals surface area contributed by atoms with E-state index in [4.69, 9.17) is 10.5 Å². The van der Waals surface area contributed by atoms with Crippen LogP contribution in [-0.4, -0.2) is 0 Å². The quantitative estimate of drug-likeness (QED) is 0.897. The zero-order chi connectivity index (χ0) is 14.6. The fourth-order valence-electron chi connectivity index (χ4n) is 2.04. The molecule has 0 aliphatic heterocycles. The highest BCUT2D eigenvalue weighted by Crippen LogP contribution is 2.31. The van der Waals surface area contributed by atoms with E-state index in [0.29, 0.717) is 6.61 Å². The number of ether oxygens (including phenoxy) is 1. The Morgan fingerprint density at radius 2 is 1.70 bits per heavy atom. The van der Waals surface area contributed by atoms with Gasteiger partial charge in [0.1, 0.15) is 12.4 Å². The predicted molar refractivity (Wildman–Crippen MR) is 83.6 cm³/mol. The molecule has 0 bridgehead atoms. The summed E-state index contributed by atoms with van der Waals surface area (Å²) in [5.41, 5.74) is 8.61. The molecule has 20 heavy (non-hydrogen) atoms. The summed E-state index contributed by atoms with van der Waals surface area (Å²) in [5.74, 6) is 0.867. The van der Waals surface area contributed by atoms with Gasteiger partial charge in [0.25, 0.3) is 0 Å². The van der Waals surface area contributed by atoms with Crippen LogP contribution < -0.4 is 10.5 Å². The lowest BCUT2D eigenvalue weighted by molar-refractivity contribution is 0.301. The van der Waals surface area contributed by atoms with Crippen LogP contribution in [0.5, 0.6) is 5.75 Å². The van der Waals surface area contributed by atoms with Crippen molar-refractivity contribution in [2.75, 3.05) is 0 Å². The summed E-state index contributed by atoms with van der Waals surface area (Å²) in [7, 11) is 0. The molecule has 0 spiro atoms. The highest BCUT2D eigenvalue weighted by Gasteiger charge is 2.22. The number of nitrogens with two attached hydrogens (primary N) is 1. The van der Waals surface area contributed by atoms with E-state index < -0.39 is 0 Å². The Morgan fingerprint density at radius 1 is 1.00 bits per heavy atom. The van der Waals surface area contributed by atoms with Gasteiger partial charge in [-0.2, -0.15) is 0 Å². The minimum atomic E-state index is 0.00257. The van der Waals surface area contributed by atoms with Crippen molar-refractivity contribution < 1.29 is 4.74 Å². The maximum atomic E-state index is 6.29. The molecule has 0 saturated carbocycles. The Kier molecular flexibility index (Phi) is 4.46. The molecule has 2 aromatic rings. The van der Waals surface area contributed by atoms with Crippen LogP contribution in [0.2, 0.25) is 0 Å². The van der Waals surface area contributed by atoms with E-state index in [2.05, 4.69) is 39.0 Å². The van der Waals surface area contributed by atoms with Crippen molar-refractivity contribution >= 4 is 0 Å². The summed E-state index contributed by atoms with van der Waals surface area (Å²) in [6.07, 6.45) is 0. The molecular formula is C18H23NO. The lowest BCUT2D eigenvalue weighted by Gasteiger charge is -2.27. The lowest BCUT2D eigenvalue weighted by atomic mass is 9.83. The predicted octanol–water partition coefficient (Wildman–Crippen LogP) is 4.31. The second-order valence-corrected chi connectivity index (χ2v) is 6.19. The molecule has 0 fully saturated rings. The monoisotopic (exact) mass is 269 g/mol. The molecule has 0 saturated heterocycles. The second-order valence-electron chi connectivity index (χ2n) is 6.19. The van der Waals surface area contributed by atoms with Crippen molar-refractivity contribution in [3.8, 4) is 5.75 Å². The first kappa shape index (κ1) is 14.6. The molecule has 0 radical (unpaired) electrons. The maximum absolute atomic E-state index is 6.29. The topological polar surface area (TPSA) is 35.2 Å². The van der Waals surface area contributed by atoms with Gasteiger partial charge in [-0.25, -0.2) is 0 Å². The van der Waals surface area contributed by atoms with E-state index in [1.807, 2.05) is 36.4 Å². The largest absolute Gasteiger partial charge is 0.489 e. The van der Waals surface area contributed by atoms with Crippen LogP contribution in [0.4, 0.5) is 0 Å². The van der Waals surface area contributed by atoms with Gasteiger partial charge >= 0.3 is 0 Å². The smallest absolute Gasteiger partial charge is 0.120 e. The molecule has 2 N–H and O–H groups in total. The Bertz CT molecular complexity index is 543. The van der Waals surface area contributed by atoms with Gasteiger partial charge in [-0.15, -0.1) is 0 Å². The van der Waals surface area contributed by atoms with Crippen LogP contribution in [0.1, 0.15) is 37.9 Å². The van der Waals surface area contributed by atoms with Gasteiger partial charge in [-0.1, -0.05) is 63.2 Å². The van der Waals surface area contributed by atoms with Crippen molar-refractivity contribution in [2.24, 2.45) is 11.1 Å². The summed E-state index contributed by atoms with van der Waals surface area (Å²) in [5, 5.41) is 0. The van der Waals surface area contributed by atoms with E-state index in [9.17, 15) is 0 Å². The van der Waals surface area contributed by atoms with E-state index in [1.54, 1.807) is 0 Å². The third-order valence-electron chi connectivity index (χ3n) is 3.40. The number of hydrogen-bond acceptors (Lipinski definition) is 2. The number of benzene rings is 2. The summed E-state index contributed by atoms with van der Waals surface area (Å²) >= 11 is 0. The maximum Gasteiger partial charge on any atom is 0.120 e. The molecule has 0 heterocycles. The third kappa shape index (κ3) is 3.84. The summed E-state index contributed by atoms with van der Waals surface area (Å²) in [4.78, 5) is 0. The second kappa shape index (κ2) is 6.10. The fourth-order valence-corrected chi connectivity index (χ4v) is 2.04. The van der Waals surface area contributed by atoms with Crippen molar-refractivity contribution in [1.82, 2.24) is 0 Å². The van der Waals surface area contributed by atoms with Gasteiger partial charge < -0.3 is 10.5 Å². The lowest BCUT2D eigenvalue weighted by Crippen LogP contribution is -2.26. The minimum Gasteiger partial charge on any atom is -0.489 e. The molecule has 2 rings (SSSR count). The van der Waals surface area contributed by atoms with E-state index in [0.717, 1.165) is 16.9 Å². The Balaban J connectivity index is 2.07. The zero-order valence-electron chi connectivity index (χ0n) is 12.5. The average Bonchev–Trinajstić information content (AvgIpc) is 2.45. The Morgan fingerprint density at radius 3 is 2.35 bits per heavy atom. The zero-order valence-corrected chi connectivity index (χ0v) is 12.5. The van der Waals surface area contributed by atoms with Gasteiger partial charge in [-0.05, 0) is 28.7 Å². The number of rotatable bonds is 4. The SMILES string of the molecule is CC(C)(C)[C@@H](N)c1cccc(OCc2ccccc2)c1. The average molecular weight is 269 g/mol. The van der Waals surface area contributed by atoms with Crippen LogP contribution in [0.25, 0.3) is 0 Å². The van der Waals surface area contributed by atoms with Gasteiger partial charge in [0, 0.05) is 6.04 Å². The summed E-state index contributed by atoms with van der Waals surface area (Å²) in [6.45, 7) is 7.02. The van der Waals surface area contributed by atoms with Crippen molar-refractivity contribution in [1.29, 1.82) is 0 Å². The summed E-state index contributed by atoms with van der Waals surface area (Å²) in [6, 6.07) is 18.2. The normalized spacial score (nSPS) is 13.0. The first-order valence-corrected chi connectivity index (χ1v) is 6.99. The Labute approximate surface area is 121 Å². The van der Waals surface area contributed by atoms with Crippen molar-refractivity contribution in [3.63, 3.8) is 0 Å². The van der Waals surface area contributed by atoms with Crippen molar-refractivity contribution in [3.05, 3.63) is 65.7 Å². The molecule has 0 aromatic heterocycles. The van der Waals surface area contributed by atoms with Crippen LogP contribution in [-0.2, 0) is 6.61 Å². The van der Waals surface area contributed by atoms with Crippen LogP contribution in [0.15, 0.2) is 54.6 Å². The van der Waals surface area contributed by atoms with Gasteiger partial charge in [-0.3, -0.25) is 0 Å². The van der Waals surface area contributed by atoms with Crippen LogP contribution >= 0.6 is 0 Å². The first-order chi connectivity index (χ1) is 9.47. The molecule has 0 amide bonds. The standard InChI is InChI=1S/C18H23NO/c1-18(2,3)17(19)15-10-7-11-16(12-15)20-13-14-8-5-4-6-9-14/h4-12,17H,13,19H2,1-3H3/t17-/m0/s1. The van der Waals surface area contributed by atoms with Gasteiger partial charge in [0.05, 0.1) is 0 Å². The molecule has 2 aromatic carbocycles. The number of hydrogen-bond donors (Lipinski definition) is 1. The van der Waals surface area contributed by atoms with Crippen LogP contribution in [0, 0.1) is 5.41 Å². The first-order valence-electron chi connectivity index (χ1n) is 6.99. The molecule has 1 atom stereocenters.